The number of hydrogen-bond acceptors (Lipinski definition) is 5. The minimum atomic E-state index is 0.603. The number of anilines is 2. The zero-order valence-electron chi connectivity index (χ0n) is 8.66. The quantitative estimate of drug-likeness (QED) is 0.739. The van der Waals surface area contributed by atoms with Crippen molar-refractivity contribution in [3.63, 3.8) is 0 Å². The summed E-state index contributed by atoms with van der Waals surface area (Å²) in [4.78, 5) is 0. The lowest BCUT2D eigenvalue weighted by molar-refractivity contribution is 1.04. The zero-order valence-corrected chi connectivity index (χ0v) is 9.48. The molecule has 80 valence electrons. The van der Waals surface area contributed by atoms with Crippen molar-refractivity contribution < 1.29 is 0 Å². The minimum Gasteiger partial charge on any atom is -0.383 e. The first-order chi connectivity index (χ1) is 7.18. The van der Waals surface area contributed by atoms with Gasteiger partial charge in [0.25, 0.3) is 0 Å². The standard InChI is InChI=1S/C9H13N5S/c1-5-8(10)14-15-9(5)11-3-7-4-12-13-6(7)2/h4,11H,3H2,1-2H3,(H2,10,14)(H,12,13). The number of nitrogen functional groups attached to an aromatic ring is 1. The van der Waals surface area contributed by atoms with E-state index in [1.165, 1.54) is 11.5 Å². The third kappa shape index (κ3) is 1.94. The van der Waals surface area contributed by atoms with E-state index >= 15 is 0 Å². The Morgan fingerprint density at radius 3 is 2.87 bits per heavy atom. The highest BCUT2D eigenvalue weighted by Crippen LogP contribution is 2.25. The SMILES string of the molecule is Cc1[nH]ncc1CNc1snc(N)c1C. The summed E-state index contributed by atoms with van der Waals surface area (Å²) < 4.78 is 4.07. The molecule has 0 amide bonds. The van der Waals surface area contributed by atoms with Gasteiger partial charge in [-0.3, -0.25) is 5.10 Å². The highest BCUT2D eigenvalue weighted by molar-refractivity contribution is 7.10. The lowest BCUT2D eigenvalue weighted by atomic mass is 10.2. The molecule has 2 aromatic rings. The van der Waals surface area contributed by atoms with Crippen LogP contribution < -0.4 is 11.1 Å². The molecule has 5 nitrogen and oxygen atoms in total. The molecule has 0 bridgehead atoms. The van der Waals surface area contributed by atoms with E-state index in [1.54, 1.807) is 0 Å². The molecule has 2 heterocycles. The van der Waals surface area contributed by atoms with Gasteiger partial charge >= 0.3 is 0 Å². The average Bonchev–Trinajstić information content (AvgIpc) is 2.74. The van der Waals surface area contributed by atoms with Gasteiger partial charge in [-0.2, -0.15) is 9.47 Å². The lowest BCUT2D eigenvalue weighted by Gasteiger charge is -2.03. The Hall–Kier alpha value is -1.56. The molecule has 0 spiro atoms. The zero-order chi connectivity index (χ0) is 10.8. The van der Waals surface area contributed by atoms with Gasteiger partial charge in [0.05, 0.1) is 6.20 Å². The smallest absolute Gasteiger partial charge is 0.142 e. The number of hydrogen-bond donors (Lipinski definition) is 3. The second kappa shape index (κ2) is 3.90. The van der Waals surface area contributed by atoms with Gasteiger partial charge in [0.1, 0.15) is 10.8 Å². The number of nitrogens with one attached hydrogen (secondary N) is 2. The van der Waals surface area contributed by atoms with Gasteiger partial charge in [0.2, 0.25) is 0 Å². The lowest BCUT2D eigenvalue weighted by Crippen LogP contribution is -1.99. The summed E-state index contributed by atoms with van der Waals surface area (Å²) in [5.41, 5.74) is 8.91. The normalized spacial score (nSPS) is 10.5. The minimum absolute atomic E-state index is 0.603. The first kappa shape index (κ1) is 9.97. The Kier molecular flexibility index (Phi) is 2.59. The molecule has 0 aliphatic rings. The highest BCUT2D eigenvalue weighted by Gasteiger charge is 2.07. The summed E-state index contributed by atoms with van der Waals surface area (Å²) >= 11 is 1.39. The van der Waals surface area contributed by atoms with Crippen LogP contribution >= 0.6 is 11.5 Å². The number of rotatable bonds is 3. The van der Waals surface area contributed by atoms with Gasteiger partial charge in [-0.1, -0.05) is 0 Å². The van der Waals surface area contributed by atoms with Crippen molar-refractivity contribution in [2.75, 3.05) is 11.1 Å². The molecule has 0 aromatic carbocycles. The number of nitrogens with zero attached hydrogens (tertiary/aromatic N) is 2. The van der Waals surface area contributed by atoms with Crippen LogP contribution in [0.5, 0.6) is 0 Å². The first-order valence-corrected chi connectivity index (χ1v) is 5.40. The molecule has 2 rings (SSSR count). The summed E-state index contributed by atoms with van der Waals surface area (Å²) in [5.74, 6) is 0.603. The van der Waals surface area contributed by atoms with Crippen LogP contribution in [0, 0.1) is 13.8 Å². The van der Waals surface area contributed by atoms with Crippen molar-refractivity contribution in [2.45, 2.75) is 20.4 Å². The number of aromatic amines is 1. The Bertz CT molecular complexity index is 459. The second-order valence-corrected chi connectivity index (χ2v) is 4.17. The van der Waals surface area contributed by atoms with Crippen molar-refractivity contribution >= 4 is 22.4 Å². The number of aryl methyl sites for hydroxylation is 1. The van der Waals surface area contributed by atoms with E-state index in [1.807, 2.05) is 20.0 Å². The van der Waals surface area contributed by atoms with Crippen LogP contribution in [-0.4, -0.2) is 14.6 Å². The number of nitrogens with two attached hydrogens (primary N) is 1. The summed E-state index contributed by atoms with van der Waals surface area (Å²) in [6.07, 6.45) is 1.82. The van der Waals surface area contributed by atoms with Crippen molar-refractivity contribution in [2.24, 2.45) is 0 Å². The Morgan fingerprint density at radius 1 is 1.53 bits per heavy atom. The third-order valence-electron chi connectivity index (χ3n) is 2.33. The van der Waals surface area contributed by atoms with E-state index in [9.17, 15) is 0 Å². The summed E-state index contributed by atoms with van der Waals surface area (Å²) in [7, 11) is 0. The monoisotopic (exact) mass is 223 g/mol. The molecule has 0 atom stereocenters. The summed E-state index contributed by atoms with van der Waals surface area (Å²) in [6.45, 7) is 4.70. The van der Waals surface area contributed by atoms with Crippen molar-refractivity contribution in [3.8, 4) is 0 Å². The fourth-order valence-corrected chi connectivity index (χ4v) is 1.95. The number of aromatic nitrogens is 3. The van der Waals surface area contributed by atoms with Gasteiger partial charge < -0.3 is 11.1 Å². The average molecular weight is 223 g/mol. The van der Waals surface area contributed by atoms with Crippen LogP contribution in [0.25, 0.3) is 0 Å². The summed E-state index contributed by atoms with van der Waals surface area (Å²) in [6, 6.07) is 0. The van der Waals surface area contributed by atoms with E-state index in [4.69, 9.17) is 5.73 Å². The molecule has 0 radical (unpaired) electrons. The van der Waals surface area contributed by atoms with Gasteiger partial charge in [0, 0.05) is 23.4 Å². The maximum Gasteiger partial charge on any atom is 0.142 e. The highest BCUT2D eigenvalue weighted by atomic mass is 32.1. The van der Waals surface area contributed by atoms with Gasteiger partial charge in [-0.15, -0.1) is 0 Å². The first-order valence-electron chi connectivity index (χ1n) is 4.63. The molecular weight excluding hydrogens is 210 g/mol. The molecule has 2 aromatic heterocycles. The van der Waals surface area contributed by atoms with Crippen molar-refractivity contribution in [1.29, 1.82) is 0 Å². The van der Waals surface area contributed by atoms with Crippen LogP contribution in [0.4, 0.5) is 10.8 Å². The number of H-pyrrole nitrogens is 1. The third-order valence-corrected chi connectivity index (χ3v) is 3.25. The molecule has 0 aliphatic carbocycles. The molecule has 0 saturated heterocycles. The van der Waals surface area contributed by atoms with Crippen LogP contribution in [0.1, 0.15) is 16.8 Å². The maximum atomic E-state index is 5.66. The van der Waals surface area contributed by atoms with Gasteiger partial charge in [0.15, 0.2) is 0 Å². The van der Waals surface area contributed by atoms with E-state index in [-0.39, 0.29) is 0 Å². The molecule has 6 heteroatoms. The predicted molar refractivity (Wildman–Crippen MR) is 61.9 cm³/mol. The van der Waals surface area contributed by atoms with E-state index in [2.05, 4.69) is 19.9 Å². The molecule has 0 aliphatic heterocycles. The van der Waals surface area contributed by atoms with Crippen molar-refractivity contribution in [1.82, 2.24) is 14.6 Å². The Balaban J connectivity index is 2.05. The molecule has 0 unspecified atom stereocenters. The Morgan fingerprint density at radius 2 is 2.33 bits per heavy atom. The molecule has 0 saturated carbocycles. The largest absolute Gasteiger partial charge is 0.383 e. The van der Waals surface area contributed by atoms with Crippen LogP contribution in [-0.2, 0) is 6.54 Å². The van der Waals surface area contributed by atoms with Crippen LogP contribution in [0.3, 0.4) is 0 Å². The van der Waals surface area contributed by atoms with Crippen molar-refractivity contribution in [3.05, 3.63) is 23.0 Å². The van der Waals surface area contributed by atoms with Gasteiger partial charge in [-0.25, -0.2) is 0 Å². The van der Waals surface area contributed by atoms with Crippen LogP contribution in [0.2, 0.25) is 0 Å². The Labute approximate surface area is 91.9 Å². The molecular formula is C9H13N5S. The maximum absolute atomic E-state index is 5.66. The topological polar surface area (TPSA) is 79.6 Å². The predicted octanol–water partition coefficient (Wildman–Crippen LogP) is 1.68. The van der Waals surface area contributed by atoms with E-state index in [0.29, 0.717) is 5.82 Å². The van der Waals surface area contributed by atoms with E-state index < -0.39 is 0 Å². The summed E-state index contributed by atoms with van der Waals surface area (Å²) in [5, 5.41) is 11.2. The fraction of sp³-hybridized carbons (Fsp3) is 0.333. The molecule has 15 heavy (non-hydrogen) atoms. The second-order valence-electron chi connectivity index (χ2n) is 3.40. The molecule has 4 N–H and O–H groups in total. The van der Waals surface area contributed by atoms with E-state index in [0.717, 1.165) is 28.4 Å². The fourth-order valence-electron chi connectivity index (χ4n) is 1.24. The van der Waals surface area contributed by atoms with Crippen LogP contribution in [0.15, 0.2) is 6.20 Å². The molecule has 0 fully saturated rings. The van der Waals surface area contributed by atoms with Gasteiger partial charge in [-0.05, 0) is 25.4 Å².